The van der Waals surface area contributed by atoms with Gasteiger partial charge in [-0.25, -0.2) is 15.0 Å². The van der Waals surface area contributed by atoms with Gasteiger partial charge >= 0.3 is 0 Å². The van der Waals surface area contributed by atoms with Crippen LogP contribution in [0.4, 0.5) is 0 Å². The summed E-state index contributed by atoms with van der Waals surface area (Å²) in [6, 6.07) is 73.6. The Morgan fingerprint density at radius 3 is 1.33 bits per heavy atom. The Kier molecular flexibility index (Phi) is 7.02. The Morgan fingerprint density at radius 2 is 0.714 bits per heavy atom. The standard InChI is InChI=1S/C57H34N6/c1-3-15-35(16-4-1)55-58-56(36-27-29-42-39-19-7-11-23-46(39)61(51(42)33-36)38-17-5-2-6-18-38)60-57(59-55)37-28-30-43-40-20-8-12-24-47(40)62(52(43)34-37)50-32-31-44-41-21-9-13-25-48(41)63-49-26-14-10-22-45(49)53(50)54(44)63/h1-34H. The molecule has 0 spiro atoms. The number of nitrogens with zero attached hydrogens (tertiary/aromatic N) is 6. The summed E-state index contributed by atoms with van der Waals surface area (Å²) in [6.07, 6.45) is 0. The molecular weight excluding hydrogens is 769 g/mol. The summed E-state index contributed by atoms with van der Waals surface area (Å²) in [5.74, 6) is 1.86. The van der Waals surface area contributed by atoms with E-state index in [0.717, 1.165) is 50.1 Å². The van der Waals surface area contributed by atoms with Gasteiger partial charge in [0.2, 0.25) is 0 Å². The third kappa shape index (κ3) is 4.86. The molecule has 5 aromatic heterocycles. The molecule has 0 saturated carbocycles. The van der Waals surface area contributed by atoms with E-state index >= 15 is 0 Å². The second-order valence-electron chi connectivity index (χ2n) is 16.4. The molecule has 0 bridgehead atoms. The largest absolute Gasteiger partial charge is 0.309 e. The van der Waals surface area contributed by atoms with E-state index in [4.69, 9.17) is 15.0 Å². The van der Waals surface area contributed by atoms with Crippen molar-refractivity contribution < 1.29 is 0 Å². The minimum absolute atomic E-state index is 0.617. The Morgan fingerprint density at radius 1 is 0.286 bits per heavy atom. The van der Waals surface area contributed by atoms with Crippen LogP contribution in [0.2, 0.25) is 0 Å². The van der Waals surface area contributed by atoms with Crippen molar-refractivity contribution in [2.45, 2.75) is 0 Å². The van der Waals surface area contributed by atoms with Crippen molar-refractivity contribution in [1.82, 2.24) is 28.5 Å². The third-order valence-electron chi connectivity index (χ3n) is 13.0. The molecule has 6 nitrogen and oxygen atoms in total. The van der Waals surface area contributed by atoms with Gasteiger partial charge in [-0.1, -0.05) is 152 Å². The van der Waals surface area contributed by atoms with Crippen LogP contribution in [0.1, 0.15) is 0 Å². The normalized spacial score (nSPS) is 12.1. The maximum absolute atomic E-state index is 5.32. The Bertz CT molecular complexity index is 4140. The maximum atomic E-state index is 5.32. The molecule has 0 fully saturated rings. The summed E-state index contributed by atoms with van der Waals surface area (Å²) in [5.41, 5.74) is 13.2. The zero-order chi connectivity index (χ0) is 41.2. The summed E-state index contributed by atoms with van der Waals surface area (Å²) < 4.78 is 7.23. The third-order valence-corrected chi connectivity index (χ3v) is 13.0. The molecule has 0 saturated heterocycles. The number of benzene rings is 9. The summed E-state index contributed by atoms with van der Waals surface area (Å²) in [4.78, 5) is 15.7. The lowest BCUT2D eigenvalue weighted by Gasteiger charge is -2.12. The monoisotopic (exact) mass is 802 g/mol. The highest BCUT2D eigenvalue weighted by molar-refractivity contribution is 6.26. The van der Waals surface area contributed by atoms with E-state index in [0.29, 0.717) is 17.5 Å². The summed E-state index contributed by atoms with van der Waals surface area (Å²) in [5, 5.41) is 9.75. The second-order valence-corrected chi connectivity index (χ2v) is 16.4. The molecule has 292 valence electrons. The molecular formula is C57H34N6. The molecule has 0 amide bonds. The highest BCUT2D eigenvalue weighted by Gasteiger charge is 2.23. The molecule has 63 heavy (non-hydrogen) atoms. The van der Waals surface area contributed by atoms with Crippen molar-refractivity contribution in [3.8, 4) is 45.5 Å². The second kappa shape index (κ2) is 12.9. The topological polar surface area (TPSA) is 52.9 Å². The first-order valence-corrected chi connectivity index (χ1v) is 21.4. The van der Waals surface area contributed by atoms with Crippen molar-refractivity contribution in [3.63, 3.8) is 0 Å². The smallest absolute Gasteiger partial charge is 0.164 e. The van der Waals surface area contributed by atoms with Crippen LogP contribution in [0.3, 0.4) is 0 Å². The number of aromatic nitrogens is 6. The van der Waals surface area contributed by atoms with Gasteiger partial charge < -0.3 is 13.5 Å². The summed E-state index contributed by atoms with van der Waals surface area (Å²) in [7, 11) is 0. The van der Waals surface area contributed by atoms with Gasteiger partial charge in [0, 0.05) is 65.5 Å². The number of fused-ring (bicyclic) bond motifs is 12. The molecule has 0 aliphatic heterocycles. The summed E-state index contributed by atoms with van der Waals surface area (Å²) >= 11 is 0. The van der Waals surface area contributed by atoms with Gasteiger partial charge in [-0.05, 0) is 54.6 Å². The van der Waals surface area contributed by atoms with Gasteiger partial charge in [0.05, 0.1) is 44.3 Å². The first-order chi connectivity index (χ1) is 31.3. The van der Waals surface area contributed by atoms with Gasteiger partial charge in [-0.2, -0.15) is 0 Å². The highest BCUT2D eigenvalue weighted by atomic mass is 15.0. The van der Waals surface area contributed by atoms with Crippen molar-refractivity contribution in [1.29, 1.82) is 0 Å². The Balaban J connectivity index is 1.02. The first kappa shape index (κ1) is 34.1. The van der Waals surface area contributed by atoms with Gasteiger partial charge in [-0.3, -0.25) is 0 Å². The van der Waals surface area contributed by atoms with Gasteiger partial charge in [0.15, 0.2) is 17.5 Å². The fourth-order valence-electron chi connectivity index (χ4n) is 10.3. The van der Waals surface area contributed by atoms with E-state index in [1.165, 1.54) is 59.6 Å². The van der Waals surface area contributed by atoms with E-state index in [1.54, 1.807) is 0 Å². The van der Waals surface area contributed by atoms with Crippen LogP contribution in [0, 0.1) is 0 Å². The lowest BCUT2D eigenvalue weighted by atomic mass is 10.1. The Labute approximate surface area is 360 Å². The Hall–Kier alpha value is -8.61. The van der Waals surface area contributed by atoms with Crippen molar-refractivity contribution in [2.75, 3.05) is 0 Å². The zero-order valence-corrected chi connectivity index (χ0v) is 33.8. The van der Waals surface area contributed by atoms with E-state index in [9.17, 15) is 0 Å². The van der Waals surface area contributed by atoms with E-state index in [1.807, 2.05) is 18.2 Å². The quantitative estimate of drug-likeness (QED) is 0.174. The van der Waals surface area contributed by atoms with E-state index < -0.39 is 0 Å². The predicted molar refractivity (Wildman–Crippen MR) is 259 cm³/mol. The molecule has 0 aliphatic rings. The average molecular weight is 803 g/mol. The minimum atomic E-state index is 0.617. The van der Waals surface area contributed by atoms with E-state index in [2.05, 4.69) is 202 Å². The molecule has 0 radical (unpaired) electrons. The van der Waals surface area contributed by atoms with Gasteiger partial charge in [0.1, 0.15) is 0 Å². The van der Waals surface area contributed by atoms with Gasteiger partial charge in [-0.15, -0.1) is 0 Å². The first-order valence-electron chi connectivity index (χ1n) is 21.4. The van der Waals surface area contributed by atoms with Crippen LogP contribution in [-0.4, -0.2) is 28.5 Å². The van der Waals surface area contributed by atoms with Crippen molar-refractivity contribution in [3.05, 3.63) is 206 Å². The molecule has 9 aromatic carbocycles. The highest BCUT2D eigenvalue weighted by Crippen LogP contribution is 2.44. The SMILES string of the molecule is c1ccc(-c2nc(-c3ccc4c5ccccc5n(-c5ccccc5)c4c3)nc(-c3ccc4c5ccccc5n(-c5ccc6c7ccccc7n7c8ccccc8c5c67)c4c3)n2)cc1. The lowest BCUT2D eigenvalue weighted by molar-refractivity contribution is 1.07. The predicted octanol–water partition coefficient (Wildman–Crippen LogP) is 14.2. The van der Waals surface area contributed by atoms with Crippen LogP contribution >= 0.6 is 0 Å². The number of hydrogen-bond acceptors (Lipinski definition) is 3. The maximum Gasteiger partial charge on any atom is 0.164 e. The van der Waals surface area contributed by atoms with E-state index in [-0.39, 0.29) is 0 Å². The number of hydrogen-bond donors (Lipinski definition) is 0. The molecule has 0 N–H and O–H groups in total. The molecule has 0 unspecified atom stereocenters. The zero-order valence-electron chi connectivity index (χ0n) is 33.8. The van der Waals surface area contributed by atoms with Crippen molar-refractivity contribution in [2.24, 2.45) is 0 Å². The lowest BCUT2D eigenvalue weighted by Crippen LogP contribution is -2.01. The molecule has 6 heteroatoms. The van der Waals surface area contributed by atoms with Gasteiger partial charge in [0.25, 0.3) is 0 Å². The van der Waals surface area contributed by atoms with Crippen LogP contribution < -0.4 is 0 Å². The molecule has 0 atom stereocenters. The fraction of sp³-hybridized carbons (Fsp3) is 0. The summed E-state index contributed by atoms with van der Waals surface area (Å²) in [6.45, 7) is 0. The molecule has 0 aliphatic carbocycles. The van der Waals surface area contributed by atoms with Crippen LogP contribution in [0.25, 0.3) is 127 Å². The van der Waals surface area contributed by atoms with Crippen LogP contribution in [-0.2, 0) is 0 Å². The molecule has 5 heterocycles. The fourth-order valence-corrected chi connectivity index (χ4v) is 10.3. The van der Waals surface area contributed by atoms with Crippen LogP contribution in [0.5, 0.6) is 0 Å². The number of para-hydroxylation sites is 5. The minimum Gasteiger partial charge on any atom is -0.309 e. The van der Waals surface area contributed by atoms with Crippen LogP contribution in [0.15, 0.2) is 206 Å². The number of rotatable bonds is 5. The van der Waals surface area contributed by atoms with Crippen molar-refractivity contribution >= 4 is 81.7 Å². The molecule has 14 aromatic rings. The average Bonchev–Trinajstić information content (AvgIpc) is 4.08. The molecule has 14 rings (SSSR count).